The lowest BCUT2D eigenvalue weighted by atomic mass is 9.94. The van der Waals surface area contributed by atoms with E-state index in [1.807, 2.05) is 0 Å². The number of amides is 1. The van der Waals surface area contributed by atoms with Crippen molar-refractivity contribution in [1.29, 1.82) is 0 Å². The van der Waals surface area contributed by atoms with Crippen LogP contribution < -0.4 is 9.64 Å². The first-order chi connectivity index (χ1) is 12.9. The van der Waals surface area contributed by atoms with Gasteiger partial charge >= 0.3 is 0 Å². The highest BCUT2D eigenvalue weighted by molar-refractivity contribution is 6.32. The lowest BCUT2D eigenvalue weighted by Crippen LogP contribution is -2.31. The van der Waals surface area contributed by atoms with Crippen LogP contribution in [0.1, 0.15) is 24.9 Å². The molecule has 140 valence electrons. The third-order valence-electron chi connectivity index (χ3n) is 4.43. The van der Waals surface area contributed by atoms with Gasteiger partial charge in [-0.1, -0.05) is 30.7 Å². The van der Waals surface area contributed by atoms with E-state index in [0.717, 1.165) is 0 Å². The zero-order chi connectivity index (χ0) is 19.7. The van der Waals surface area contributed by atoms with Crippen molar-refractivity contribution in [2.45, 2.75) is 19.4 Å². The highest BCUT2D eigenvalue weighted by Gasteiger charge is 2.44. The smallest absolute Gasteiger partial charge is 0.294 e. The number of hydrogen-bond acceptors (Lipinski definition) is 5. The number of phenols is 1. The van der Waals surface area contributed by atoms with Crippen LogP contribution >= 0.6 is 11.6 Å². The molecule has 0 radical (unpaired) electrons. The van der Waals surface area contributed by atoms with Crippen molar-refractivity contribution < 1.29 is 24.5 Å². The van der Waals surface area contributed by atoms with E-state index < -0.39 is 17.7 Å². The first kappa shape index (κ1) is 18.8. The summed E-state index contributed by atoms with van der Waals surface area (Å²) in [5.41, 5.74) is 0.890. The number of methoxy groups -OCH3 is 1. The molecule has 0 saturated heterocycles. The van der Waals surface area contributed by atoms with E-state index in [2.05, 4.69) is 0 Å². The maximum Gasteiger partial charge on any atom is 0.294 e. The average molecular weight is 388 g/mol. The van der Waals surface area contributed by atoms with E-state index >= 15 is 0 Å². The Bertz CT molecular complexity index is 953. The van der Waals surface area contributed by atoms with Crippen LogP contribution in [-0.4, -0.2) is 29.0 Å². The topological polar surface area (TPSA) is 87.1 Å². The number of rotatable bonds is 5. The Morgan fingerprint density at radius 1 is 1.22 bits per heavy atom. The first-order valence-electron chi connectivity index (χ1n) is 8.31. The van der Waals surface area contributed by atoms with Crippen molar-refractivity contribution in [1.82, 2.24) is 0 Å². The van der Waals surface area contributed by atoms with Crippen molar-refractivity contribution in [3.05, 3.63) is 64.4 Å². The number of carbonyl (C=O) groups excluding carboxylic acids is 2. The molecule has 1 unspecified atom stereocenters. The van der Waals surface area contributed by atoms with Crippen LogP contribution in [0.3, 0.4) is 0 Å². The molecule has 1 aliphatic rings. The summed E-state index contributed by atoms with van der Waals surface area (Å²) >= 11 is 6.19. The highest BCUT2D eigenvalue weighted by Crippen LogP contribution is 2.43. The molecule has 7 heteroatoms. The van der Waals surface area contributed by atoms with Gasteiger partial charge in [-0.2, -0.15) is 0 Å². The van der Waals surface area contributed by atoms with E-state index in [0.29, 0.717) is 17.0 Å². The Morgan fingerprint density at radius 2 is 1.96 bits per heavy atom. The summed E-state index contributed by atoms with van der Waals surface area (Å²) in [6, 6.07) is 10.1. The molecule has 1 atom stereocenters. The van der Waals surface area contributed by atoms with Gasteiger partial charge in [0.15, 0.2) is 11.5 Å². The van der Waals surface area contributed by atoms with Gasteiger partial charge in [0, 0.05) is 12.1 Å². The standard InChI is InChI=1S/C20H18ClNO5/c1-3-15(24)17-18(11-5-4-6-13(23)9-11)22(20(26)19(17)25)12-7-8-16(27-2)14(21)10-12/h4-10,18,23,25H,3H2,1-2H3. The largest absolute Gasteiger partial charge is 0.508 e. The highest BCUT2D eigenvalue weighted by atomic mass is 35.5. The van der Waals surface area contributed by atoms with Crippen LogP contribution in [0.4, 0.5) is 5.69 Å². The normalized spacial score (nSPS) is 16.8. The molecule has 0 fully saturated rings. The predicted molar refractivity (Wildman–Crippen MR) is 101 cm³/mol. The molecule has 1 amide bonds. The van der Waals surface area contributed by atoms with E-state index in [4.69, 9.17) is 16.3 Å². The molecule has 0 spiro atoms. The molecular formula is C20H18ClNO5. The molecule has 0 aliphatic carbocycles. The number of phenolic OH excluding ortho intramolecular Hbond substituents is 1. The summed E-state index contributed by atoms with van der Waals surface area (Å²) in [6.45, 7) is 1.65. The van der Waals surface area contributed by atoms with Gasteiger partial charge in [0.05, 0.1) is 23.7 Å². The molecule has 0 aromatic heterocycles. The number of carbonyl (C=O) groups is 2. The van der Waals surface area contributed by atoms with E-state index in [9.17, 15) is 19.8 Å². The average Bonchev–Trinajstić information content (AvgIpc) is 2.92. The molecule has 6 nitrogen and oxygen atoms in total. The van der Waals surface area contributed by atoms with Gasteiger partial charge in [0.1, 0.15) is 11.5 Å². The van der Waals surface area contributed by atoms with Gasteiger partial charge in [0.2, 0.25) is 0 Å². The maximum atomic E-state index is 12.8. The lowest BCUT2D eigenvalue weighted by Gasteiger charge is -2.27. The molecular weight excluding hydrogens is 370 g/mol. The Labute approximate surface area is 161 Å². The third kappa shape index (κ3) is 3.24. The van der Waals surface area contributed by atoms with Gasteiger partial charge < -0.3 is 14.9 Å². The second-order valence-electron chi connectivity index (χ2n) is 6.03. The summed E-state index contributed by atoms with van der Waals surface area (Å²) in [7, 11) is 1.48. The zero-order valence-electron chi connectivity index (χ0n) is 14.8. The predicted octanol–water partition coefficient (Wildman–Crippen LogP) is 3.93. The van der Waals surface area contributed by atoms with Gasteiger partial charge in [-0.15, -0.1) is 0 Å². The fourth-order valence-electron chi connectivity index (χ4n) is 3.16. The minimum Gasteiger partial charge on any atom is -0.508 e. The fraction of sp³-hybridized carbons (Fsp3) is 0.200. The molecule has 0 bridgehead atoms. The quantitative estimate of drug-likeness (QED) is 0.811. The van der Waals surface area contributed by atoms with Crippen LogP contribution in [-0.2, 0) is 9.59 Å². The number of hydrogen-bond donors (Lipinski definition) is 2. The molecule has 27 heavy (non-hydrogen) atoms. The van der Waals surface area contributed by atoms with Crippen molar-refractivity contribution >= 4 is 29.0 Å². The van der Waals surface area contributed by atoms with E-state index in [1.165, 1.54) is 30.2 Å². The number of benzene rings is 2. The molecule has 1 aliphatic heterocycles. The fourth-order valence-corrected chi connectivity index (χ4v) is 3.41. The molecule has 1 heterocycles. The first-order valence-corrected chi connectivity index (χ1v) is 8.69. The SMILES string of the molecule is CCC(=O)C1=C(O)C(=O)N(c2ccc(OC)c(Cl)c2)C1c1cccc(O)c1. The number of halogens is 1. The molecule has 0 saturated carbocycles. The van der Waals surface area contributed by atoms with Crippen LogP contribution in [0, 0.1) is 0 Å². The Morgan fingerprint density at radius 3 is 2.56 bits per heavy atom. The van der Waals surface area contributed by atoms with E-state index in [1.54, 1.807) is 31.2 Å². The van der Waals surface area contributed by atoms with Crippen LogP contribution in [0.15, 0.2) is 53.8 Å². The lowest BCUT2D eigenvalue weighted by molar-refractivity contribution is -0.118. The van der Waals surface area contributed by atoms with Gasteiger partial charge in [-0.3, -0.25) is 14.5 Å². The number of aliphatic hydroxyl groups excluding tert-OH is 1. The second kappa shape index (κ2) is 7.32. The molecule has 2 aromatic rings. The zero-order valence-corrected chi connectivity index (χ0v) is 15.5. The van der Waals surface area contributed by atoms with Crippen molar-refractivity contribution in [3.8, 4) is 11.5 Å². The van der Waals surface area contributed by atoms with Crippen molar-refractivity contribution in [2.24, 2.45) is 0 Å². The summed E-state index contributed by atoms with van der Waals surface area (Å²) in [6.07, 6.45) is 0.124. The molecule has 3 rings (SSSR count). The van der Waals surface area contributed by atoms with Crippen LogP contribution in [0.5, 0.6) is 11.5 Å². The van der Waals surface area contributed by atoms with Crippen molar-refractivity contribution in [2.75, 3.05) is 12.0 Å². The number of aliphatic hydroxyl groups is 1. The maximum absolute atomic E-state index is 12.8. The van der Waals surface area contributed by atoms with Gasteiger partial charge in [-0.05, 0) is 35.9 Å². The number of ketones is 1. The monoisotopic (exact) mass is 387 g/mol. The number of anilines is 1. The third-order valence-corrected chi connectivity index (χ3v) is 4.72. The number of aromatic hydroxyl groups is 1. The van der Waals surface area contributed by atoms with E-state index in [-0.39, 0.29) is 28.5 Å². The second-order valence-corrected chi connectivity index (χ2v) is 6.44. The summed E-state index contributed by atoms with van der Waals surface area (Å²) in [5.74, 6) is -1.23. The minimum absolute atomic E-state index is 0.0000375. The minimum atomic E-state index is -0.874. The summed E-state index contributed by atoms with van der Waals surface area (Å²) in [5, 5.41) is 20.5. The van der Waals surface area contributed by atoms with Gasteiger partial charge in [-0.25, -0.2) is 0 Å². The Kier molecular flexibility index (Phi) is 5.10. The summed E-state index contributed by atoms with van der Waals surface area (Å²) in [4.78, 5) is 26.6. The number of Topliss-reactive ketones (excluding diaryl/α,β-unsaturated/α-hetero) is 1. The molecule has 2 aromatic carbocycles. The number of nitrogens with zero attached hydrogens (tertiary/aromatic N) is 1. The Hall–Kier alpha value is -2.99. The van der Waals surface area contributed by atoms with Crippen LogP contribution in [0.2, 0.25) is 5.02 Å². The Balaban J connectivity index is 2.18. The molecule has 2 N–H and O–H groups in total. The van der Waals surface area contributed by atoms with Crippen LogP contribution in [0.25, 0.3) is 0 Å². The summed E-state index contributed by atoms with van der Waals surface area (Å²) < 4.78 is 5.13. The number of ether oxygens (including phenoxy) is 1. The van der Waals surface area contributed by atoms with Gasteiger partial charge in [0.25, 0.3) is 5.91 Å². The van der Waals surface area contributed by atoms with Crippen molar-refractivity contribution in [3.63, 3.8) is 0 Å².